The Hall–Kier alpha value is -1.35. The van der Waals surface area contributed by atoms with Crippen molar-refractivity contribution in [2.75, 3.05) is 0 Å². The first kappa shape index (κ1) is 17.3. The van der Waals surface area contributed by atoms with Crippen LogP contribution in [0.3, 0.4) is 0 Å². The van der Waals surface area contributed by atoms with Crippen LogP contribution in [0.25, 0.3) is 0 Å². The van der Waals surface area contributed by atoms with E-state index in [0.29, 0.717) is 34.9 Å². The number of nitrogens with two attached hydrogens (primary N) is 1. The summed E-state index contributed by atoms with van der Waals surface area (Å²) in [5, 5.41) is 0. The van der Waals surface area contributed by atoms with Crippen LogP contribution in [0.5, 0.6) is 0 Å². The van der Waals surface area contributed by atoms with Crippen LogP contribution in [-0.2, 0) is 10.2 Å². The molecule has 8 rings (SSSR count). The third kappa shape index (κ3) is 1.97. The van der Waals surface area contributed by atoms with Gasteiger partial charge in [-0.15, -0.1) is 0 Å². The van der Waals surface area contributed by atoms with Gasteiger partial charge in [0.2, 0.25) is 5.91 Å². The van der Waals surface area contributed by atoms with Gasteiger partial charge in [-0.2, -0.15) is 0 Å². The van der Waals surface area contributed by atoms with Crippen molar-refractivity contribution in [2.45, 2.75) is 94.7 Å². The Morgan fingerprint density at radius 1 is 1.03 bits per heavy atom. The zero-order chi connectivity index (χ0) is 19.6. The van der Waals surface area contributed by atoms with Gasteiger partial charge in [0.15, 0.2) is 0 Å². The minimum atomic E-state index is -0.113. The van der Waals surface area contributed by atoms with Gasteiger partial charge < -0.3 is 10.6 Å². The summed E-state index contributed by atoms with van der Waals surface area (Å²) >= 11 is 0. The fourth-order valence-electron chi connectivity index (χ4n) is 10.3. The summed E-state index contributed by atoms with van der Waals surface area (Å²) in [6, 6.07) is 12.5. The Morgan fingerprint density at radius 2 is 1.86 bits per heavy atom. The van der Waals surface area contributed by atoms with E-state index in [1.54, 1.807) is 0 Å². The van der Waals surface area contributed by atoms with Gasteiger partial charge >= 0.3 is 0 Å². The first-order valence-electron chi connectivity index (χ1n) is 12.0. The molecule has 1 amide bonds. The Labute approximate surface area is 174 Å². The monoisotopic (exact) mass is 390 g/mol. The molecule has 1 spiro atoms. The van der Waals surface area contributed by atoms with Gasteiger partial charge in [-0.3, -0.25) is 4.79 Å². The van der Waals surface area contributed by atoms with Crippen molar-refractivity contribution in [3.8, 4) is 0 Å². The quantitative estimate of drug-likeness (QED) is 0.814. The second-order valence-corrected chi connectivity index (χ2v) is 12.5. The summed E-state index contributed by atoms with van der Waals surface area (Å²) in [6.07, 6.45) is 12.0. The summed E-state index contributed by atoms with van der Waals surface area (Å²) < 4.78 is 0. The van der Waals surface area contributed by atoms with Crippen LogP contribution < -0.4 is 5.73 Å². The highest BCUT2D eigenvalue weighted by atomic mass is 16.2. The van der Waals surface area contributed by atoms with E-state index in [2.05, 4.69) is 42.2 Å². The van der Waals surface area contributed by atoms with E-state index in [-0.39, 0.29) is 10.8 Å². The predicted octanol–water partition coefficient (Wildman–Crippen LogP) is 4.40. The summed E-state index contributed by atoms with van der Waals surface area (Å²) in [6.45, 7) is 2.49. The van der Waals surface area contributed by atoms with E-state index in [0.717, 1.165) is 38.0 Å². The van der Waals surface area contributed by atoms with Crippen molar-refractivity contribution in [2.24, 2.45) is 27.9 Å². The molecule has 8 atom stereocenters. The molecule has 6 saturated carbocycles. The fraction of sp³-hybridized carbons (Fsp3) is 0.731. The number of piperidine rings is 1. The molecule has 1 aromatic carbocycles. The van der Waals surface area contributed by atoms with Crippen LogP contribution in [0, 0.1) is 22.2 Å². The number of amides is 1. The zero-order valence-electron chi connectivity index (χ0n) is 17.7. The lowest BCUT2D eigenvalue weighted by atomic mass is 9.38. The van der Waals surface area contributed by atoms with E-state index in [4.69, 9.17) is 5.73 Å². The second-order valence-electron chi connectivity index (χ2n) is 12.5. The van der Waals surface area contributed by atoms with Crippen LogP contribution in [-0.4, -0.2) is 28.9 Å². The maximum Gasteiger partial charge on any atom is 0.229 e. The fourth-order valence-corrected chi connectivity index (χ4v) is 10.3. The molecule has 3 heteroatoms. The van der Waals surface area contributed by atoms with Gasteiger partial charge in [0.25, 0.3) is 0 Å². The summed E-state index contributed by atoms with van der Waals surface area (Å²) in [4.78, 5) is 16.7. The highest BCUT2D eigenvalue weighted by molar-refractivity contribution is 5.86. The summed E-state index contributed by atoms with van der Waals surface area (Å²) in [7, 11) is 0. The maximum atomic E-state index is 14.3. The van der Waals surface area contributed by atoms with Crippen LogP contribution in [0.2, 0.25) is 0 Å². The molecule has 1 heterocycles. The summed E-state index contributed by atoms with van der Waals surface area (Å²) in [5.74, 6) is 1.26. The molecule has 3 nitrogen and oxygen atoms in total. The molecule has 154 valence electrons. The maximum absolute atomic E-state index is 14.3. The Balaban J connectivity index is 1.28. The third-order valence-electron chi connectivity index (χ3n) is 10.5. The first-order chi connectivity index (χ1) is 13.9. The normalized spacial score (nSPS) is 53.8. The minimum absolute atomic E-state index is 0.113. The highest BCUT2D eigenvalue weighted by Gasteiger charge is 2.73. The van der Waals surface area contributed by atoms with Crippen molar-refractivity contribution in [1.82, 2.24) is 4.90 Å². The van der Waals surface area contributed by atoms with Crippen molar-refractivity contribution in [3.63, 3.8) is 0 Å². The lowest BCUT2D eigenvalue weighted by molar-refractivity contribution is -0.221. The number of carbonyl (C=O) groups is 1. The SMILES string of the molecule is C[C@]12CC3CC(C(=O)N4C5CCC56CC(N)CC46)(C1)C[C@@](c1ccccc1)(C3)C2. The van der Waals surface area contributed by atoms with Gasteiger partial charge in [-0.25, -0.2) is 0 Å². The molecule has 1 aromatic rings. The molecular weight excluding hydrogens is 356 g/mol. The average molecular weight is 391 g/mol. The zero-order valence-corrected chi connectivity index (χ0v) is 17.7. The minimum Gasteiger partial charge on any atom is -0.335 e. The van der Waals surface area contributed by atoms with Crippen LogP contribution >= 0.6 is 0 Å². The Bertz CT molecular complexity index is 899. The molecule has 4 bridgehead atoms. The topological polar surface area (TPSA) is 46.3 Å². The number of rotatable bonds is 2. The predicted molar refractivity (Wildman–Crippen MR) is 113 cm³/mol. The molecule has 1 aliphatic heterocycles. The number of nitrogens with zero attached hydrogens (tertiary/aromatic N) is 1. The second kappa shape index (κ2) is 5.10. The van der Waals surface area contributed by atoms with Gasteiger partial charge in [0.05, 0.1) is 5.41 Å². The highest BCUT2D eigenvalue weighted by Crippen LogP contribution is 2.72. The number of likely N-dealkylation sites (tertiary alicyclic amines) is 1. The van der Waals surface area contributed by atoms with Gasteiger partial charge in [-0.05, 0) is 86.5 Å². The third-order valence-corrected chi connectivity index (χ3v) is 10.5. The Kier molecular flexibility index (Phi) is 3.05. The molecule has 6 aliphatic carbocycles. The molecule has 7 aliphatic rings. The lowest BCUT2D eigenvalue weighted by Crippen LogP contribution is -2.78. The first-order valence-corrected chi connectivity index (χ1v) is 12.0. The van der Waals surface area contributed by atoms with E-state index in [1.165, 1.54) is 37.7 Å². The Morgan fingerprint density at radius 3 is 2.59 bits per heavy atom. The molecule has 1 saturated heterocycles. The molecule has 6 unspecified atom stereocenters. The average Bonchev–Trinajstić information content (AvgIpc) is 3.00. The molecule has 7 fully saturated rings. The van der Waals surface area contributed by atoms with E-state index in [9.17, 15) is 4.79 Å². The van der Waals surface area contributed by atoms with Gasteiger partial charge in [-0.1, -0.05) is 37.3 Å². The molecule has 29 heavy (non-hydrogen) atoms. The number of benzene rings is 1. The van der Waals surface area contributed by atoms with Crippen molar-refractivity contribution >= 4 is 5.91 Å². The lowest BCUT2D eigenvalue weighted by Gasteiger charge is -2.72. The van der Waals surface area contributed by atoms with Gasteiger partial charge in [0.1, 0.15) is 0 Å². The number of carbonyl (C=O) groups excluding carboxylic acids is 1. The van der Waals surface area contributed by atoms with Crippen LogP contribution in [0.1, 0.15) is 76.7 Å². The van der Waals surface area contributed by atoms with Gasteiger partial charge in [0, 0.05) is 23.5 Å². The molecule has 0 aromatic heterocycles. The van der Waals surface area contributed by atoms with Crippen molar-refractivity contribution in [3.05, 3.63) is 35.9 Å². The van der Waals surface area contributed by atoms with Crippen LogP contribution in [0.15, 0.2) is 30.3 Å². The van der Waals surface area contributed by atoms with E-state index in [1.807, 2.05) is 0 Å². The standard InChI is InChI=1S/C26H34N2O/c1-23-10-17-11-24(14-23,18-5-3-2-4-6-18)16-25(12-17,15-23)22(29)28-20-7-8-26(20)13-19(27)9-21(26)28/h2-6,17,19-21H,7-16,27H2,1H3/t17?,19?,20?,21?,23-,24-,25?,26?/m1/s1. The van der Waals surface area contributed by atoms with Crippen molar-refractivity contribution < 1.29 is 4.79 Å². The molecule has 2 N–H and O–H groups in total. The number of hydrogen-bond acceptors (Lipinski definition) is 2. The van der Waals surface area contributed by atoms with Crippen LogP contribution in [0.4, 0.5) is 0 Å². The van der Waals surface area contributed by atoms with E-state index >= 15 is 0 Å². The summed E-state index contributed by atoms with van der Waals surface area (Å²) in [5.41, 5.74) is 8.74. The van der Waals surface area contributed by atoms with Crippen molar-refractivity contribution in [1.29, 1.82) is 0 Å². The number of hydrogen-bond donors (Lipinski definition) is 1. The molecular formula is C26H34N2O. The van der Waals surface area contributed by atoms with E-state index < -0.39 is 0 Å². The largest absolute Gasteiger partial charge is 0.335 e. The smallest absolute Gasteiger partial charge is 0.229 e. The molecule has 0 radical (unpaired) electrons.